The van der Waals surface area contributed by atoms with E-state index < -0.39 is 0 Å². The molecule has 2 nitrogen and oxygen atoms in total. The van der Waals surface area contributed by atoms with Gasteiger partial charge in [0.15, 0.2) is 0 Å². The Morgan fingerprint density at radius 2 is 1.81 bits per heavy atom. The van der Waals surface area contributed by atoms with Gasteiger partial charge in [0.2, 0.25) is 0 Å². The van der Waals surface area contributed by atoms with E-state index in [-0.39, 0.29) is 24.0 Å². The van der Waals surface area contributed by atoms with Gasteiger partial charge in [-0.15, -0.1) is 0 Å². The first kappa shape index (κ1) is 12.4. The molecule has 0 saturated heterocycles. The molecule has 0 amide bonds. The van der Waals surface area contributed by atoms with Gasteiger partial charge in [-0.2, -0.15) is 0 Å². The number of aliphatic hydroxyl groups excluding tert-OH is 2. The Kier molecular flexibility index (Phi) is 3.09. The lowest BCUT2D eigenvalue weighted by molar-refractivity contribution is -0.136. The average molecular weight is 226 g/mol. The van der Waals surface area contributed by atoms with Crippen molar-refractivity contribution in [1.82, 2.24) is 0 Å². The quantitative estimate of drug-likeness (QED) is 0.721. The fourth-order valence-corrected chi connectivity index (χ4v) is 4.64. The third kappa shape index (κ3) is 1.70. The first-order valence-electron chi connectivity index (χ1n) is 6.71. The van der Waals surface area contributed by atoms with Gasteiger partial charge >= 0.3 is 0 Å². The van der Waals surface area contributed by atoms with E-state index in [1.807, 2.05) is 0 Å². The van der Waals surface area contributed by atoms with E-state index in [9.17, 15) is 10.2 Å². The number of fused-ring (bicyclic) bond motifs is 1. The summed E-state index contributed by atoms with van der Waals surface area (Å²) in [5.41, 5.74) is 0.523. The minimum absolute atomic E-state index is 0.0887. The third-order valence-electron chi connectivity index (χ3n) is 5.54. The molecular formula is C14H26O2. The number of aliphatic hydroxyl groups is 2. The molecule has 2 N–H and O–H groups in total. The van der Waals surface area contributed by atoms with Crippen molar-refractivity contribution in [3.8, 4) is 0 Å². The van der Waals surface area contributed by atoms with E-state index in [2.05, 4.69) is 20.8 Å². The van der Waals surface area contributed by atoms with Crippen molar-refractivity contribution in [2.45, 2.75) is 59.0 Å². The lowest BCUT2D eigenvalue weighted by Gasteiger charge is -2.58. The summed E-state index contributed by atoms with van der Waals surface area (Å²) < 4.78 is 0. The highest BCUT2D eigenvalue weighted by Crippen LogP contribution is 2.59. The normalized spacial score (nSPS) is 47.4. The molecule has 2 heteroatoms. The van der Waals surface area contributed by atoms with Crippen molar-refractivity contribution in [2.75, 3.05) is 6.61 Å². The summed E-state index contributed by atoms with van der Waals surface area (Å²) >= 11 is 0. The average Bonchev–Trinajstić information content (AvgIpc) is 2.15. The van der Waals surface area contributed by atoms with Crippen molar-refractivity contribution in [2.24, 2.45) is 22.7 Å². The first-order chi connectivity index (χ1) is 7.42. The zero-order chi connectivity index (χ0) is 12.0. The van der Waals surface area contributed by atoms with E-state index in [0.717, 1.165) is 12.8 Å². The van der Waals surface area contributed by atoms with Gasteiger partial charge in [0.05, 0.1) is 6.10 Å². The van der Waals surface area contributed by atoms with E-state index in [1.54, 1.807) is 0 Å². The molecule has 0 aliphatic heterocycles. The monoisotopic (exact) mass is 226 g/mol. The van der Waals surface area contributed by atoms with Gasteiger partial charge in [0, 0.05) is 12.5 Å². The Morgan fingerprint density at radius 3 is 2.44 bits per heavy atom. The summed E-state index contributed by atoms with van der Waals surface area (Å²) in [6.07, 6.45) is 5.41. The molecule has 0 aromatic rings. The van der Waals surface area contributed by atoms with Gasteiger partial charge in [-0.3, -0.25) is 0 Å². The maximum atomic E-state index is 10.1. The second-order valence-electron chi connectivity index (χ2n) is 6.83. The van der Waals surface area contributed by atoms with Crippen LogP contribution in [0.4, 0.5) is 0 Å². The zero-order valence-electron chi connectivity index (χ0n) is 10.9. The van der Waals surface area contributed by atoms with Gasteiger partial charge in [-0.05, 0) is 42.4 Å². The summed E-state index contributed by atoms with van der Waals surface area (Å²) in [6.45, 7) is 7.16. The predicted octanol–water partition coefficient (Wildman–Crippen LogP) is 2.58. The van der Waals surface area contributed by atoms with Crippen molar-refractivity contribution in [3.05, 3.63) is 0 Å². The largest absolute Gasteiger partial charge is 0.396 e. The predicted molar refractivity (Wildman–Crippen MR) is 65.0 cm³/mol. The van der Waals surface area contributed by atoms with Crippen LogP contribution < -0.4 is 0 Å². The highest BCUT2D eigenvalue weighted by molar-refractivity contribution is 5.03. The van der Waals surface area contributed by atoms with Gasteiger partial charge in [-0.25, -0.2) is 0 Å². The maximum Gasteiger partial charge on any atom is 0.0595 e. The van der Waals surface area contributed by atoms with Gasteiger partial charge in [0.1, 0.15) is 0 Å². The highest BCUT2D eigenvalue weighted by Gasteiger charge is 2.54. The summed E-state index contributed by atoms with van der Waals surface area (Å²) in [6, 6.07) is 0. The van der Waals surface area contributed by atoms with E-state index in [0.29, 0.717) is 11.3 Å². The van der Waals surface area contributed by atoms with Crippen LogP contribution in [0, 0.1) is 22.7 Å². The first-order valence-corrected chi connectivity index (χ1v) is 6.71. The molecule has 1 unspecified atom stereocenters. The summed E-state index contributed by atoms with van der Waals surface area (Å²) in [5, 5.41) is 19.7. The SMILES string of the molecule is CC1(C)CCC[C@]2(C)C1CC[C@@H](O)[C@H]2CO. The van der Waals surface area contributed by atoms with E-state index in [1.165, 1.54) is 19.3 Å². The molecule has 0 bridgehead atoms. The Labute approximate surface area is 99.1 Å². The Morgan fingerprint density at radius 1 is 1.12 bits per heavy atom. The molecule has 0 radical (unpaired) electrons. The van der Waals surface area contributed by atoms with Crippen molar-refractivity contribution < 1.29 is 10.2 Å². The van der Waals surface area contributed by atoms with Crippen LogP contribution in [0.3, 0.4) is 0 Å². The molecule has 2 aliphatic rings. The molecule has 2 rings (SSSR count). The Balaban J connectivity index is 2.31. The standard InChI is InChI=1S/C14H26O2/c1-13(2)7-4-8-14(3)10(9-15)11(16)5-6-12(13)14/h10-12,15-16H,4-9H2,1-3H3/t10-,11-,12?,14+/m1/s1. The molecular weight excluding hydrogens is 200 g/mol. The summed E-state index contributed by atoms with van der Waals surface area (Å²) in [5.74, 6) is 0.750. The van der Waals surface area contributed by atoms with Crippen LogP contribution in [0.25, 0.3) is 0 Å². The Bertz CT molecular complexity index is 261. The molecule has 0 aromatic carbocycles. The van der Waals surface area contributed by atoms with Crippen molar-refractivity contribution in [3.63, 3.8) is 0 Å². The second-order valence-corrected chi connectivity index (χ2v) is 6.83. The number of hydrogen-bond donors (Lipinski definition) is 2. The van der Waals surface area contributed by atoms with Crippen LogP contribution in [-0.4, -0.2) is 22.9 Å². The zero-order valence-corrected chi connectivity index (χ0v) is 10.9. The highest BCUT2D eigenvalue weighted by atomic mass is 16.3. The van der Waals surface area contributed by atoms with Crippen LogP contribution in [0.5, 0.6) is 0 Å². The Hall–Kier alpha value is -0.0800. The van der Waals surface area contributed by atoms with Crippen molar-refractivity contribution >= 4 is 0 Å². The van der Waals surface area contributed by atoms with Crippen LogP contribution in [0.2, 0.25) is 0 Å². The lowest BCUT2D eigenvalue weighted by Crippen LogP contribution is -2.54. The van der Waals surface area contributed by atoms with Crippen LogP contribution >= 0.6 is 0 Å². The van der Waals surface area contributed by atoms with E-state index >= 15 is 0 Å². The maximum absolute atomic E-state index is 10.1. The minimum Gasteiger partial charge on any atom is -0.396 e. The minimum atomic E-state index is -0.292. The van der Waals surface area contributed by atoms with Crippen LogP contribution in [0.15, 0.2) is 0 Å². The molecule has 16 heavy (non-hydrogen) atoms. The molecule has 0 spiro atoms. The lowest BCUT2D eigenvalue weighted by atomic mass is 9.48. The third-order valence-corrected chi connectivity index (χ3v) is 5.54. The molecule has 0 heterocycles. The fourth-order valence-electron chi connectivity index (χ4n) is 4.64. The molecule has 2 fully saturated rings. The molecule has 0 aromatic heterocycles. The molecule has 2 aliphatic carbocycles. The van der Waals surface area contributed by atoms with Crippen LogP contribution in [0.1, 0.15) is 52.9 Å². The van der Waals surface area contributed by atoms with Crippen LogP contribution in [-0.2, 0) is 0 Å². The number of rotatable bonds is 1. The van der Waals surface area contributed by atoms with E-state index in [4.69, 9.17) is 0 Å². The fraction of sp³-hybridized carbons (Fsp3) is 1.00. The van der Waals surface area contributed by atoms with Gasteiger partial charge < -0.3 is 10.2 Å². The molecule has 2 saturated carbocycles. The number of hydrogen-bond acceptors (Lipinski definition) is 2. The topological polar surface area (TPSA) is 40.5 Å². The second kappa shape index (κ2) is 3.99. The van der Waals surface area contributed by atoms with Gasteiger partial charge in [0.25, 0.3) is 0 Å². The smallest absolute Gasteiger partial charge is 0.0595 e. The summed E-state index contributed by atoms with van der Waals surface area (Å²) in [4.78, 5) is 0. The summed E-state index contributed by atoms with van der Waals surface area (Å²) in [7, 11) is 0. The molecule has 4 atom stereocenters. The van der Waals surface area contributed by atoms with Crippen molar-refractivity contribution in [1.29, 1.82) is 0 Å². The van der Waals surface area contributed by atoms with Gasteiger partial charge in [-0.1, -0.05) is 27.2 Å². The molecule has 94 valence electrons.